The summed E-state index contributed by atoms with van der Waals surface area (Å²) in [6.07, 6.45) is 2.01. The summed E-state index contributed by atoms with van der Waals surface area (Å²) in [6, 6.07) is 6.89. The minimum absolute atomic E-state index is 0.0215. The van der Waals surface area contributed by atoms with Gasteiger partial charge in [0.05, 0.1) is 49.8 Å². The van der Waals surface area contributed by atoms with E-state index in [9.17, 15) is 19.2 Å². The van der Waals surface area contributed by atoms with Crippen molar-refractivity contribution in [1.29, 1.82) is 0 Å². The van der Waals surface area contributed by atoms with Crippen LogP contribution in [0.3, 0.4) is 0 Å². The Morgan fingerprint density at radius 1 is 0.891 bits per heavy atom. The molecule has 2 heterocycles. The molecule has 0 atom stereocenters. The van der Waals surface area contributed by atoms with Crippen molar-refractivity contribution in [2.45, 2.75) is 78.9 Å². The number of nitrogens with zero attached hydrogens (tertiary/aromatic N) is 2. The molecule has 1 aliphatic rings. The van der Waals surface area contributed by atoms with Crippen LogP contribution in [0.25, 0.3) is 0 Å². The molecule has 0 unspecified atom stereocenters. The number of pyridine rings is 1. The fourth-order valence-electron chi connectivity index (χ4n) is 4.39. The highest BCUT2D eigenvalue weighted by Gasteiger charge is 2.29. The van der Waals surface area contributed by atoms with Gasteiger partial charge < -0.3 is 34.9 Å². The normalized spacial score (nSPS) is 13.0. The van der Waals surface area contributed by atoms with Crippen LogP contribution in [0, 0.1) is 6.92 Å². The maximum atomic E-state index is 13.4. The lowest BCUT2D eigenvalue weighted by Crippen LogP contribution is -2.40. The molecule has 1 aromatic carbocycles. The average molecular weight is 642 g/mol. The second-order valence-corrected chi connectivity index (χ2v) is 12.9. The molecule has 252 valence electrons. The van der Waals surface area contributed by atoms with Crippen molar-refractivity contribution in [3.63, 3.8) is 0 Å². The Morgan fingerprint density at radius 2 is 1.59 bits per heavy atom. The van der Waals surface area contributed by atoms with E-state index < -0.39 is 29.3 Å². The lowest BCUT2D eigenvalue weighted by atomic mass is 9.97. The van der Waals surface area contributed by atoms with Gasteiger partial charge in [-0.3, -0.25) is 14.5 Å². The maximum absolute atomic E-state index is 13.4. The van der Waals surface area contributed by atoms with Crippen LogP contribution in [0.15, 0.2) is 30.5 Å². The molecule has 2 aromatic rings. The van der Waals surface area contributed by atoms with Gasteiger partial charge in [0.1, 0.15) is 17.0 Å². The summed E-state index contributed by atoms with van der Waals surface area (Å²) in [7, 11) is 0. The molecule has 13 nitrogen and oxygen atoms in total. The molecule has 0 fully saturated rings. The number of alkyl carbamates (subject to hydrolysis) is 1. The first-order valence-electron chi connectivity index (χ1n) is 15.4. The number of fused-ring (bicyclic) bond motifs is 1. The van der Waals surface area contributed by atoms with Crippen molar-refractivity contribution in [2.24, 2.45) is 0 Å². The van der Waals surface area contributed by atoms with E-state index in [1.54, 1.807) is 65.9 Å². The molecule has 1 aromatic heterocycles. The summed E-state index contributed by atoms with van der Waals surface area (Å²) in [6.45, 7) is 14.3. The number of rotatable bonds is 12. The Bertz CT molecular complexity index is 1370. The van der Waals surface area contributed by atoms with E-state index in [2.05, 4.69) is 20.9 Å². The van der Waals surface area contributed by atoms with Crippen molar-refractivity contribution in [2.75, 3.05) is 55.1 Å². The number of hydrogen-bond donors (Lipinski definition) is 3. The molecule has 13 heteroatoms. The smallest absolute Gasteiger partial charge is 0.414 e. The predicted molar refractivity (Wildman–Crippen MR) is 174 cm³/mol. The highest BCUT2D eigenvalue weighted by molar-refractivity contribution is 6.11. The van der Waals surface area contributed by atoms with E-state index in [1.807, 2.05) is 13.0 Å². The lowest BCUT2D eigenvalue weighted by Gasteiger charge is -2.32. The maximum Gasteiger partial charge on any atom is 0.414 e. The van der Waals surface area contributed by atoms with Gasteiger partial charge in [-0.1, -0.05) is 6.07 Å². The van der Waals surface area contributed by atoms with Crippen molar-refractivity contribution >= 4 is 41.2 Å². The summed E-state index contributed by atoms with van der Waals surface area (Å²) in [5, 5.41) is 8.22. The molecule has 0 aliphatic carbocycles. The van der Waals surface area contributed by atoms with Crippen LogP contribution in [0.5, 0.6) is 0 Å². The summed E-state index contributed by atoms with van der Waals surface area (Å²) in [4.78, 5) is 56.9. The van der Waals surface area contributed by atoms with E-state index >= 15 is 0 Å². The van der Waals surface area contributed by atoms with Gasteiger partial charge in [-0.25, -0.2) is 14.6 Å². The van der Waals surface area contributed by atoms with Crippen LogP contribution in [-0.2, 0) is 30.2 Å². The minimum atomic E-state index is -0.686. The zero-order valence-electron chi connectivity index (χ0n) is 27.9. The molecule has 3 rings (SSSR count). The minimum Gasteiger partial charge on any atom is -0.444 e. The van der Waals surface area contributed by atoms with E-state index in [1.165, 1.54) is 4.90 Å². The molecule has 3 N–H and O–H groups in total. The number of carbonyl (C=O) groups is 4. The number of carbonyl (C=O) groups excluding carboxylic acids is 4. The van der Waals surface area contributed by atoms with Gasteiger partial charge >= 0.3 is 12.2 Å². The predicted octanol–water partition coefficient (Wildman–Crippen LogP) is 5.22. The Kier molecular flexibility index (Phi) is 12.9. The topological polar surface area (TPSA) is 157 Å². The molecule has 0 saturated heterocycles. The van der Waals surface area contributed by atoms with Crippen molar-refractivity contribution < 1.29 is 38.1 Å². The third-order valence-electron chi connectivity index (χ3n) is 6.38. The summed E-state index contributed by atoms with van der Waals surface area (Å²) < 4.78 is 21.7. The largest absolute Gasteiger partial charge is 0.444 e. The number of benzene rings is 1. The van der Waals surface area contributed by atoms with Gasteiger partial charge in [-0.15, -0.1) is 0 Å². The number of aryl methyl sites for hydroxylation is 2. The van der Waals surface area contributed by atoms with Gasteiger partial charge in [-0.2, -0.15) is 0 Å². The zero-order chi connectivity index (χ0) is 33.9. The van der Waals surface area contributed by atoms with Gasteiger partial charge in [0.2, 0.25) is 5.91 Å². The fraction of sp³-hybridized carbons (Fsp3) is 0.545. The van der Waals surface area contributed by atoms with Crippen molar-refractivity contribution in [1.82, 2.24) is 10.3 Å². The first kappa shape index (κ1) is 36.2. The van der Waals surface area contributed by atoms with Gasteiger partial charge in [0.15, 0.2) is 0 Å². The van der Waals surface area contributed by atoms with Crippen LogP contribution in [0.4, 0.5) is 26.8 Å². The highest BCUT2D eigenvalue weighted by atomic mass is 16.6. The van der Waals surface area contributed by atoms with Crippen molar-refractivity contribution in [3.05, 3.63) is 47.2 Å². The second kappa shape index (κ2) is 16.4. The SMILES string of the molecule is Cc1ccc(NC(=O)c2cc3c(cc2NC(=O)CCOCCOCCNC(=O)OC(C)(C)C)N(C(=O)OC(C)(C)C)CCC3)nc1. The van der Waals surface area contributed by atoms with E-state index in [4.69, 9.17) is 18.9 Å². The van der Waals surface area contributed by atoms with E-state index in [-0.39, 0.29) is 50.0 Å². The standard InChI is InChI=1S/C33H47N5O8/c1-22-10-11-27(35-21-22)37-29(40)24-19-23-9-8-14-38(31(42)46-33(5,6)7)26(23)20-25(24)36-28(39)12-15-43-17-18-44-16-13-34-30(41)45-32(2,3)4/h10-11,19-21H,8-9,12-18H2,1-7H3,(H,34,41)(H,36,39)(H,35,37,40). The number of hydrogen-bond acceptors (Lipinski definition) is 9. The second-order valence-electron chi connectivity index (χ2n) is 12.9. The Hall–Kier alpha value is -4.23. The summed E-state index contributed by atoms with van der Waals surface area (Å²) in [5.74, 6) is -0.444. The van der Waals surface area contributed by atoms with Gasteiger partial charge in [0.25, 0.3) is 5.91 Å². The fourth-order valence-corrected chi connectivity index (χ4v) is 4.39. The number of anilines is 3. The Balaban J connectivity index is 1.61. The molecular weight excluding hydrogens is 594 g/mol. The first-order chi connectivity index (χ1) is 21.6. The zero-order valence-corrected chi connectivity index (χ0v) is 27.9. The van der Waals surface area contributed by atoms with Crippen LogP contribution < -0.4 is 20.9 Å². The number of ether oxygens (including phenoxy) is 4. The summed E-state index contributed by atoms with van der Waals surface area (Å²) >= 11 is 0. The number of aromatic nitrogens is 1. The molecule has 1 aliphatic heterocycles. The van der Waals surface area contributed by atoms with Crippen LogP contribution in [0.1, 0.15) is 75.9 Å². The monoisotopic (exact) mass is 641 g/mol. The summed E-state index contributed by atoms with van der Waals surface area (Å²) in [5.41, 5.74) is 1.56. The average Bonchev–Trinajstić information content (AvgIpc) is 2.95. The Labute approximate surface area is 270 Å². The Morgan fingerprint density at radius 3 is 2.24 bits per heavy atom. The third-order valence-corrected chi connectivity index (χ3v) is 6.38. The molecular formula is C33H47N5O8. The first-order valence-corrected chi connectivity index (χ1v) is 15.4. The van der Waals surface area contributed by atoms with Crippen LogP contribution >= 0.6 is 0 Å². The molecule has 0 radical (unpaired) electrons. The lowest BCUT2D eigenvalue weighted by molar-refractivity contribution is -0.117. The number of nitrogens with one attached hydrogen (secondary N) is 3. The van der Waals surface area contributed by atoms with Crippen molar-refractivity contribution in [3.8, 4) is 0 Å². The van der Waals surface area contributed by atoms with Crippen LogP contribution in [-0.4, -0.2) is 79.7 Å². The molecule has 0 bridgehead atoms. The quantitative estimate of drug-likeness (QED) is 0.265. The van der Waals surface area contributed by atoms with Gasteiger partial charge in [-0.05, 0) is 90.6 Å². The highest BCUT2D eigenvalue weighted by Crippen LogP contribution is 2.34. The van der Waals surface area contributed by atoms with Gasteiger partial charge in [0, 0.05) is 19.3 Å². The van der Waals surface area contributed by atoms with E-state index in [0.717, 1.165) is 11.1 Å². The molecule has 4 amide bonds. The number of amides is 4. The third kappa shape index (κ3) is 12.3. The molecule has 0 saturated carbocycles. The molecule has 46 heavy (non-hydrogen) atoms. The molecule has 0 spiro atoms. The van der Waals surface area contributed by atoms with E-state index in [0.29, 0.717) is 37.4 Å². The van der Waals surface area contributed by atoms with Crippen LogP contribution in [0.2, 0.25) is 0 Å².